The molecule has 0 unspecified atom stereocenters. The minimum Gasteiger partial charge on any atom is -0.456 e. The third-order valence-corrected chi connectivity index (χ3v) is 13.2. The van der Waals surface area contributed by atoms with Gasteiger partial charge in [-0.1, -0.05) is 200 Å². The summed E-state index contributed by atoms with van der Waals surface area (Å²) in [6.07, 6.45) is 0. The van der Waals surface area contributed by atoms with E-state index in [0.29, 0.717) is 5.82 Å². The third-order valence-electron chi connectivity index (χ3n) is 13.2. The second-order valence-electron chi connectivity index (χ2n) is 16.6. The van der Waals surface area contributed by atoms with E-state index in [4.69, 9.17) is 19.7 Å². The molecule has 0 amide bonds. The lowest BCUT2D eigenvalue weighted by Crippen LogP contribution is -2.32. The van der Waals surface area contributed by atoms with Gasteiger partial charge in [-0.05, 0) is 57.6 Å². The molecule has 9 aromatic carbocycles. The molecule has 2 aromatic heterocycles. The van der Waals surface area contributed by atoms with Gasteiger partial charge in [-0.3, -0.25) is 0 Å². The van der Waals surface area contributed by atoms with Crippen LogP contribution in [0.4, 0.5) is 0 Å². The van der Waals surface area contributed by atoms with Gasteiger partial charge in [-0.2, -0.15) is 0 Å². The van der Waals surface area contributed by atoms with Gasteiger partial charge in [-0.25, -0.2) is 15.0 Å². The zero-order chi connectivity index (χ0) is 42.2. The predicted molar refractivity (Wildman–Crippen MR) is 259 cm³/mol. The summed E-state index contributed by atoms with van der Waals surface area (Å²) in [4.78, 5) is 15.5. The van der Waals surface area contributed by atoms with Crippen LogP contribution in [-0.2, 0) is 5.41 Å². The Morgan fingerprint density at radius 2 is 0.875 bits per heavy atom. The number of benzene rings is 9. The molecule has 0 saturated heterocycles. The van der Waals surface area contributed by atoms with Crippen LogP contribution >= 0.6 is 0 Å². The number of rotatable bonds is 5. The Balaban J connectivity index is 1.02. The lowest BCUT2D eigenvalue weighted by atomic mass is 9.65. The normalized spacial score (nSPS) is 12.9. The summed E-state index contributed by atoms with van der Waals surface area (Å²) in [6, 6.07) is 79.4. The SMILES string of the molecule is c1ccc(-c2cc(-c3ccc(-c4ccc5nc(-c6ccccc6)c6ccc7c(c6c5c4)Oc4ccccc4C74c5ccccc5-c5ccccc54)cc3)nc(-c3ccccc3)n2)cc1. The number of nitrogens with zero attached hydrogens (tertiary/aromatic N) is 3. The van der Waals surface area contributed by atoms with Crippen LogP contribution in [0.25, 0.3) is 89.1 Å². The monoisotopic (exact) mass is 815 g/mol. The number of fused-ring (bicyclic) bond motifs is 13. The van der Waals surface area contributed by atoms with Gasteiger partial charge in [0.25, 0.3) is 0 Å². The number of ether oxygens (including phenoxy) is 1. The fourth-order valence-electron chi connectivity index (χ4n) is 10.3. The maximum Gasteiger partial charge on any atom is 0.160 e. The molecule has 0 bridgehead atoms. The zero-order valence-electron chi connectivity index (χ0n) is 34.6. The summed E-state index contributed by atoms with van der Waals surface area (Å²) >= 11 is 0. The van der Waals surface area contributed by atoms with Gasteiger partial charge in [-0.15, -0.1) is 0 Å². The highest BCUT2D eigenvalue weighted by atomic mass is 16.5. The Morgan fingerprint density at radius 1 is 0.344 bits per heavy atom. The van der Waals surface area contributed by atoms with Crippen LogP contribution in [0.2, 0.25) is 0 Å². The molecule has 2 aliphatic rings. The first kappa shape index (κ1) is 36.2. The first-order valence-corrected chi connectivity index (χ1v) is 21.8. The number of hydrogen-bond donors (Lipinski definition) is 0. The molecule has 11 aromatic rings. The first-order valence-electron chi connectivity index (χ1n) is 21.8. The van der Waals surface area contributed by atoms with E-state index in [9.17, 15) is 0 Å². The maximum absolute atomic E-state index is 7.26. The van der Waals surface area contributed by atoms with Crippen LogP contribution in [0.5, 0.6) is 11.5 Å². The van der Waals surface area contributed by atoms with E-state index >= 15 is 0 Å². The highest BCUT2D eigenvalue weighted by Gasteiger charge is 2.51. The third kappa shape index (κ3) is 5.46. The van der Waals surface area contributed by atoms with Gasteiger partial charge in [0.2, 0.25) is 0 Å². The van der Waals surface area contributed by atoms with Gasteiger partial charge in [0.05, 0.1) is 28.0 Å². The molecule has 0 atom stereocenters. The van der Waals surface area contributed by atoms with Crippen molar-refractivity contribution in [3.8, 4) is 78.9 Å². The Hall–Kier alpha value is -8.47. The van der Waals surface area contributed by atoms with E-state index in [1.165, 1.54) is 22.3 Å². The van der Waals surface area contributed by atoms with Crippen LogP contribution in [0.1, 0.15) is 22.3 Å². The molecule has 0 fully saturated rings. The number of aromatic nitrogens is 3. The van der Waals surface area contributed by atoms with Crippen molar-refractivity contribution in [2.45, 2.75) is 5.41 Å². The average molecular weight is 816 g/mol. The molecule has 298 valence electrons. The summed E-state index contributed by atoms with van der Waals surface area (Å²) in [5.41, 5.74) is 16.6. The molecule has 4 heteroatoms. The van der Waals surface area contributed by atoms with Gasteiger partial charge >= 0.3 is 0 Å². The van der Waals surface area contributed by atoms with Crippen LogP contribution in [0, 0.1) is 0 Å². The van der Waals surface area contributed by atoms with Crippen molar-refractivity contribution >= 4 is 21.7 Å². The van der Waals surface area contributed by atoms with Crippen molar-refractivity contribution in [2.75, 3.05) is 0 Å². The van der Waals surface area contributed by atoms with Crippen molar-refractivity contribution in [1.82, 2.24) is 15.0 Å². The number of para-hydroxylation sites is 1. The Labute approximate surface area is 370 Å². The lowest BCUT2D eigenvalue weighted by Gasteiger charge is -2.40. The van der Waals surface area contributed by atoms with Crippen LogP contribution in [-0.4, -0.2) is 15.0 Å². The summed E-state index contributed by atoms with van der Waals surface area (Å²) in [5, 5.41) is 3.14. The first-order chi connectivity index (χ1) is 31.7. The van der Waals surface area contributed by atoms with E-state index in [1.54, 1.807) is 0 Å². The highest BCUT2D eigenvalue weighted by molar-refractivity contribution is 6.16. The standard InChI is InChI=1S/C60H37N3O/c1-4-16-39(17-5-1)53-37-54(63-59(62-53)42-20-8-3-9-21-42)40-30-28-38(29-31-40)43-32-35-52-47(36-43)56-46(57(61-52)41-18-6-2-7-19-41)33-34-51-58(56)64-55-27-15-14-26-50(55)60(51)48-24-12-10-22-44(48)45-23-11-13-25-49(45)60/h1-37H. The summed E-state index contributed by atoms with van der Waals surface area (Å²) in [5.74, 6) is 2.43. The van der Waals surface area contributed by atoms with Gasteiger partial charge in [0.15, 0.2) is 5.82 Å². The molecule has 3 heterocycles. The average Bonchev–Trinajstić information content (AvgIpc) is 3.67. The summed E-state index contributed by atoms with van der Waals surface area (Å²) < 4.78 is 7.26. The predicted octanol–water partition coefficient (Wildman–Crippen LogP) is 15.0. The molecule has 13 rings (SSSR count). The van der Waals surface area contributed by atoms with Crippen molar-refractivity contribution in [2.24, 2.45) is 0 Å². The van der Waals surface area contributed by atoms with Crippen LogP contribution in [0.15, 0.2) is 224 Å². The lowest BCUT2D eigenvalue weighted by molar-refractivity contribution is 0.442. The van der Waals surface area contributed by atoms with Gasteiger partial charge < -0.3 is 4.74 Å². The molecular weight excluding hydrogens is 779 g/mol. The summed E-state index contributed by atoms with van der Waals surface area (Å²) in [6.45, 7) is 0. The smallest absolute Gasteiger partial charge is 0.160 e. The van der Waals surface area contributed by atoms with Crippen LogP contribution < -0.4 is 4.74 Å². The fraction of sp³-hybridized carbons (Fsp3) is 0.0167. The molecule has 64 heavy (non-hydrogen) atoms. The minimum atomic E-state index is -0.580. The van der Waals surface area contributed by atoms with Crippen molar-refractivity contribution in [3.05, 3.63) is 247 Å². The molecule has 0 radical (unpaired) electrons. The quantitative estimate of drug-likeness (QED) is 0.162. The van der Waals surface area contributed by atoms with E-state index in [2.05, 4.69) is 188 Å². The van der Waals surface area contributed by atoms with Gasteiger partial charge in [0.1, 0.15) is 11.5 Å². The van der Waals surface area contributed by atoms with Gasteiger partial charge in [0, 0.05) is 49.5 Å². The van der Waals surface area contributed by atoms with E-state index in [0.717, 1.165) is 94.8 Å². The Morgan fingerprint density at radius 3 is 1.55 bits per heavy atom. The highest BCUT2D eigenvalue weighted by Crippen LogP contribution is 2.63. The second kappa shape index (κ2) is 14.3. The number of pyridine rings is 1. The minimum absolute atomic E-state index is 0.580. The molecular formula is C60H37N3O. The van der Waals surface area contributed by atoms with Crippen molar-refractivity contribution in [1.29, 1.82) is 0 Å². The largest absolute Gasteiger partial charge is 0.456 e. The second-order valence-corrected chi connectivity index (χ2v) is 16.6. The molecule has 0 saturated carbocycles. The molecule has 1 spiro atoms. The molecule has 1 aliphatic heterocycles. The van der Waals surface area contributed by atoms with Crippen molar-refractivity contribution < 1.29 is 4.74 Å². The Bertz CT molecular complexity index is 3520. The molecule has 1 aliphatic carbocycles. The molecule has 4 nitrogen and oxygen atoms in total. The van der Waals surface area contributed by atoms with E-state index in [1.807, 2.05) is 36.4 Å². The molecule has 0 N–H and O–H groups in total. The van der Waals surface area contributed by atoms with Crippen molar-refractivity contribution in [3.63, 3.8) is 0 Å². The topological polar surface area (TPSA) is 47.9 Å². The maximum atomic E-state index is 7.26. The van der Waals surface area contributed by atoms with Crippen LogP contribution in [0.3, 0.4) is 0 Å². The fourth-order valence-corrected chi connectivity index (χ4v) is 10.3. The summed E-state index contributed by atoms with van der Waals surface area (Å²) in [7, 11) is 0. The number of hydrogen-bond acceptors (Lipinski definition) is 4. The zero-order valence-corrected chi connectivity index (χ0v) is 34.6. The Kier molecular flexibility index (Phi) is 8.09. The van der Waals surface area contributed by atoms with E-state index < -0.39 is 5.41 Å². The van der Waals surface area contributed by atoms with E-state index in [-0.39, 0.29) is 0 Å².